The van der Waals surface area contributed by atoms with Gasteiger partial charge in [-0.3, -0.25) is 14.6 Å². The Morgan fingerprint density at radius 3 is 2.89 bits per heavy atom. The molecule has 0 bridgehead atoms. The molecule has 10 heteroatoms. The Balaban J connectivity index is 1.63. The number of thiazole rings is 1. The first-order chi connectivity index (χ1) is 13.7. The summed E-state index contributed by atoms with van der Waals surface area (Å²) >= 11 is 4.40. The van der Waals surface area contributed by atoms with E-state index in [0.29, 0.717) is 17.1 Å². The fourth-order valence-corrected chi connectivity index (χ4v) is 5.19. The minimum Gasteiger partial charge on any atom is -0.379 e. The zero-order chi connectivity index (χ0) is 19.5. The number of morpholine rings is 1. The largest absolute Gasteiger partial charge is 0.379 e. The van der Waals surface area contributed by atoms with Crippen LogP contribution in [-0.4, -0.2) is 71.0 Å². The third kappa shape index (κ3) is 4.20. The van der Waals surface area contributed by atoms with E-state index in [2.05, 4.69) is 32.9 Å². The van der Waals surface area contributed by atoms with Crippen LogP contribution >= 0.6 is 34.6 Å². The molecule has 1 saturated heterocycles. The van der Waals surface area contributed by atoms with E-state index in [4.69, 9.17) is 9.72 Å². The van der Waals surface area contributed by atoms with Gasteiger partial charge >= 0.3 is 0 Å². The Morgan fingerprint density at radius 1 is 1.36 bits per heavy atom. The van der Waals surface area contributed by atoms with Crippen LogP contribution in [0.15, 0.2) is 23.1 Å². The van der Waals surface area contributed by atoms with Crippen molar-refractivity contribution < 1.29 is 9.53 Å². The number of fused-ring (bicyclic) bond motifs is 1. The maximum absolute atomic E-state index is 13.3. The number of carbonyl (C=O) groups is 1. The van der Waals surface area contributed by atoms with Gasteiger partial charge < -0.3 is 4.74 Å². The van der Waals surface area contributed by atoms with Crippen molar-refractivity contribution in [3.63, 3.8) is 0 Å². The highest BCUT2D eigenvalue weighted by atomic mass is 32.2. The Morgan fingerprint density at radius 2 is 2.18 bits per heavy atom. The molecule has 0 N–H and O–H groups in total. The van der Waals surface area contributed by atoms with Crippen LogP contribution in [-0.2, 0) is 4.74 Å². The second-order valence-electron chi connectivity index (χ2n) is 6.43. The number of amides is 1. The second-order valence-corrected chi connectivity index (χ2v) is 9.07. The van der Waals surface area contributed by atoms with Crippen molar-refractivity contribution in [1.29, 1.82) is 0 Å². The third-order valence-electron chi connectivity index (χ3n) is 4.65. The molecule has 0 atom stereocenters. The lowest BCUT2D eigenvalue weighted by atomic mass is 10.3. The molecule has 148 valence electrons. The highest BCUT2D eigenvalue weighted by molar-refractivity contribution is 7.98. The lowest BCUT2D eigenvalue weighted by molar-refractivity contribution is 0.0391. The molecular formula is C18H21N5O2S3. The maximum atomic E-state index is 13.3. The van der Waals surface area contributed by atoms with Gasteiger partial charge in [0.2, 0.25) is 0 Å². The summed E-state index contributed by atoms with van der Waals surface area (Å²) in [6, 6.07) is 6.21. The first kappa shape index (κ1) is 19.7. The minimum atomic E-state index is -0.0788. The van der Waals surface area contributed by atoms with E-state index in [0.717, 1.165) is 59.7 Å². The average Bonchev–Trinajstić information content (AvgIpc) is 3.34. The molecule has 3 heterocycles. The van der Waals surface area contributed by atoms with Crippen LogP contribution in [0.5, 0.6) is 0 Å². The number of nitrogens with zero attached hydrogens (tertiary/aromatic N) is 5. The van der Waals surface area contributed by atoms with E-state index in [1.165, 1.54) is 4.90 Å². The van der Waals surface area contributed by atoms with Crippen molar-refractivity contribution in [3.8, 4) is 0 Å². The van der Waals surface area contributed by atoms with Crippen molar-refractivity contribution in [2.45, 2.75) is 11.8 Å². The van der Waals surface area contributed by atoms with E-state index in [1.807, 2.05) is 13.0 Å². The molecule has 1 aliphatic rings. The third-order valence-corrected chi connectivity index (χ3v) is 7.23. The molecular weight excluding hydrogens is 414 g/mol. The molecule has 1 fully saturated rings. The van der Waals surface area contributed by atoms with Crippen molar-refractivity contribution in [1.82, 2.24) is 19.5 Å². The number of hydrogen-bond acceptors (Lipinski definition) is 9. The fourth-order valence-electron chi connectivity index (χ4n) is 3.04. The number of aryl methyl sites for hydroxylation is 1. The van der Waals surface area contributed by atoms with Crippen molar-refractivity contribution in [2.75, 3.05) is 50.5 Å². The number of carbonyl (C=O) groups excluding carboxylic acids is 1. The van der Waals surface area contributed by atoms with E-state index in [1.54, 1.807) is 28.0 Å². The summed E-state index contributed by atoms with van der Waals surface area (Å²) in [7, 11) is 0. The van der Waals surface area contributed by atoms with Crippen LogP contribution in [0.3, 0.4) is 0 Å². The predicted molar refractivity (Wildman–Crippen MR) is 115 cm³/mol. The van der Waals surface area contributed by atoms with Gasteiger partial charge in [0.15, 0.2) is 5.13 Å². The molecule has 1 aliphatic heterocycles. The maximum Gasteiger partial charge on any atom is 0.273 e. The summed E-state index contributed by atoms with van der Waals surface area (Å²) in [6.07, 6.45) is 2.06. The van der Waals surface area contributed by atoms with Gasteiger partial charge in [-0.05, 0) is 42.9 Å². The summed E-state index contributed by atoms with van der Waals surface area (Å²) in [5.41, 5.74) is 1.58. The number of ether oxygens (including phenoxy) is 1. The smallest absolute Gasteiger partial charge is 0.273 e. The molecule has 4 rings (SSSR count). The van der Waals surface area contributed by atoms with E-state index in [9.17, 15) is 4.79 Å². The number of aromatic nitrogens is 3. The van der Waals surface area contributed by atoms with Crippen LogP contribution in [0.1, 0.15) is 15.4 Å². The SMILES string of the molecule is CSc1ccc2nc(N(CCN3CCOCC3)C(=O)c3snnc3C)sc2c1. The van der Waals surface area contributed by atoms with Gasteiger partial charge in [0, 0.05) is 31.1 Å². The molecule has 7 nitrogen and oxygen atoms in total. The Hall–Kier alpha value is -1.59. The van der Waals surface area contributed by atoms with Gasteiger partial charge in [-0.1, -0.05) is 15.8 Å². The first-order valence-corrected chi connectivity index (χ1v) is 11.8. The minimum absolute atomic E-state index is 0.0788. The average molecular weight is 436 g/mol. The highest BCUT2D eigenvalue weighted by Crippen LogP contribution is 2.32. The monoisotopic (exact) mass is 435 g/mol. The topological polar surface area (TPSA) is 71.5 Å². The molecule has 2 aromatic heterocycles. The van der Waals surface area contributed by atoms with E-state index in [-0.39, 0.29) is 5.91 Å². The van der Waals surface area contributed by atoms with Crippen LogP contribution in [0, 0.1) is 6.92 Å². The summed E-state index contributed by atoms with van der Waals surface area (Å²) in [5.74, 6) is -0.0788. The number of anilines is 1. The molecule has 0 saturated carbocycles. The Bertz CT molecular complexity index is 967. The molecule has 28 heavy (non-hydrogen) atoms. The van der Waals surface area contributed by atoms with Gasteiger partial charge in [0.1, 0.15) is 4.88 Å². The van der Waals surface area contributed by atoms with E-state index < -0.39 is 0 Å². The van der Waals surface area contributed by atoms with Crippen LogP contribution < -0.4 is 4.90 Å². The van der Waals surface area contributed by atoms with Crippen molar-refractivity contribution in [3.05, 3.63) is 28.8 Å². The summed E-state index contributed by atoms with van der Waals surface area (Å²) in [4.78, 5) is 23.9. The Kier molecular flexibility index (Phi) is 6.22. The molecule has 1 aromatic carbocycles. The molecule has 1 amide bonds. The van der Waals surface area contributed by atoms with Crippen molar-refractivity contribution in [2.24, 2.45) is 0 Å². The fraction of sp³-hybridized carbons (Fsp3) is 0.444. The number of thioether (sulfide) groups is 1. The molecule has 3 aromatic rings. The van der Waals surface area contributed by atoms with Gasteiger partial charge in [-0.25, -0.2) is 4.98 Å². The zero-order valence-corrected chi connectivity index (χ0v) is 18.2. The molecule has 0 radical (unpaired) electrons. The molecule has 0 aliphatic carbocycles. The predicted octanol–water partition coefficient (Wildman–Crippen LogP) is 3.16. The standard InChI is InChI=1S/C18H21N5O2S3/c1-12-16(28-21-20-12)17(24)23(6-5-22-7-9-25-10-8-22)18-19-14-4-3-13(26-2)11-15(14)27-18/h3-4,11H,5-10H2,1-2H3. The highest BCUT2D eigenvalue weighted by Gasteiger charge is 2.26. The summed E-state index contributed by atoms with van der Waals surface area (Å²) in [5, 5.41) is 4.73. The first-order valence-electron chi connectivity index (χ1n) is 9.01. The summed E-state index contributed by atoms with van der Waals surface area (Å²) < 4.78 is 10.4. The van der Waals surface area contributed by atoms with Crippen LogP contribution in [0.2, 0.25) is 0 Å². The van der Waals surface area contributed by atoms with Crippen LogP contribution in [0.4, 0.5) is 5.13 Å². The Labute approximate surface area is 175 Å². The van der Waals surface area contributed by atoms with Gasteiger partial charge in [-0.2, -0.15) is 0 Å². The second kappa shape index (κ2) is 8.83. The van der Waals surface area contributed by atoms with E-state index >= 15 is 0 Å². The zero-order valence-electron chi connectivity index (χ0n) is 15.8. The number of hydrogen-bond donors (Lipinski definition) is 0. The lowest BCUT2D eigenvalue weighted by Crippen LogP contribution is -2.43. The molecule has 0 spiro atoms. The number of rotatable bonds is 6. The summed E-state index contributed by atoms with van der Waals surface area (Å²) in [6.45, 7) is 6.44. The quantitative estimate of drug-likeness (QED) is 0.551. The normalized spacial score (nSPS) is 15.2. The number of benzene rings is 1. The lowest BCUT2D eigenvalue weighted by Gasteiger charge is -2.29. The van der Waals surface area contributed by atoms with Gasteiger partial charge in [-0.15, -0.1) is 16.9 Å². The molecule has 0 unspecified atom stereocenters. The van der Waals surface area contributed by atoms with Crippen molar-refractivity contribution >= 4 is 55.9 Å². The van der Waals surface area contributed by atoms with Crippen LogP contribution in [0.25, 0.3) is 10.2 Å². The van der Waals surface area contributed by atoms with Gasteiger partial charge in [0.05, 0.1) is 29.1 Å². The van der Waals surface area contributed by atoms with Gasteiger partial charge in [0.25, 0.3) is 5.91 Å².